The fourth-order valence-electron chi connectivity index (χ4n) is 0.0430. The Labute approximate surface area is 37.7 Å². The van der Waals surface area contributed by atoms with Gasteiger partial charge in [0.2, 0.25) is 0 Å². The minimum atomic E-state index is -0.231. The van der Waals surface area contributed by atoms with E-state index in [2.05, 4.69) is 11.8 Å². The van der Waals surface area contributed by atoms with E-state index in [1.807, 2.05) is 0 Å². The highest BCUT2D eigenvalue weighted by Crippen LogP contribution is 1.81. The zero-order valence-electron chi connectivity index (χ0n) is 3.72. The second-order valence-corrected chi connectivity index (χ2v) is 1.13. The summed E-state index contributed by atoms with van der Waals surface area (Å²) in [4.78, 5) is 0. The Morgan fingerprint density at radius 2 is 2.50 bits per heavy atom. The predicted octanol–water partition coefficient (Wildman–Crippen LogP) is 0.0524. The normalized spacial score (nSPS) is 14.5. The van der Waals surface area contributed by atoms with Gasteiger partial charge in [0.25, 0.3) is 0 Å². The molecule has 2 nitrogen and oxygen atoms in total. The summed E-state index contributed by atoms with van der Waals surface area (Å²) in [7, 11) is 4.62. The molecule has 1 unspecified atom stereocenters. The van der Waals surface area contributed by atoms with Gasteiger partial charge < -0.3 is 9.84 Å². The summed E-state index contributed by atoms with van der Waals surface area (Å²) in [5.74, 6) is 0. The molecule has 1 N–H and O–H groups in total. The van der Waals surface area contributed by atoms with Crippen molar-refractivity contribution in [3.63, 3.8) is 0 Å². The average molecular weight is 88.1 g/mol. The molecule has 0 aromatic rings. The molecule has 0 spiro atoms. The van der Waals surface area contributed by atoms with Crippen LogP contribution in [-0.2, 0) is 4.74 Å². The SMILES string of the molecule is [CH]OC(C)CO. The van der Waals surface area contributed by atoms with Crippen molar-refractivity contribution in [1.29, 1.82) is 0 Å². The molecule has 1 atom stereocenters. The van der Waals surface area contributed by atoms with Crippen LogP contribution >= 0.6 is 0 Å². The summed E-state index contributed by atoms with van der Waals surface area (Å²) < 4.78 is 4.15. The van der Waals surface area contributed by atoms with E-state index < -0.39 is 0 Å². The summed E-state index contributed by atoms with van der Waals surface area (Å²) in [5.41, 5.74) is 0. The second kappa shape index (κ2) is 3.12. The van der Waals surface area contributed by atoms with Crippen LogP contribution in [0, 0.1) is 7.11 Å². The maximum Gasteiger partial charge on any atom is 0.116 e. The highest BCUT2D eigenvalue weighted by Gasteiger charge is 1.90. The number of ether oxygens (including phenoxy) is 1. The third-order valence-electron chi connectivity index (χ3n) is 0.489. The minimum absolute atomic E-state index is 0.0174. The van der Waals surface area contributed by atoms with Crippen molar-refractivity contribution in [3.8, 4) is 0 Å². The molecule has 2 heteroatoms. The lowest BCUT2D eigenvalue weighted by molar-refractivity contribution is 0.0872. The van der Waals surface area contributed by atoms with Crippen LogP contribution in [0.25, 0.3) is 0 Å². The average Bonchev–Trinajstić information content (AvgIpc) is 1.65. The fraction of sp³-hybridized carbons (Fsp3) is 0.750. The van der Waals surface area contributed by atoms with Crippen molar-refractivity contribution in [3.05, 3.63) is 7.11 Å². The van der Waals surface area contributed by atoms with E-state index in [0.29, 0.717) is 0 Å². The van der Waals surface area contributed by atoms with E-state index in [0.717, 1.165) is 0 Å². The van der Waals surface area contributed by atoms with Crippen molar-refractivity contribution >= 4 is 0 Å². The number of aliphatic hydroxyl groups is 1. The lowest BCUT2D eigenvalue weighted by atomic mass is 10.4. The van der Waals surface area contributed by atoms with Gasteiger partial charge in [0.15, 0.2) is 0 Å². The molecule has 0 aromatic carbocycles. The van der Waals surface area contributed by atoms with E-state index in [-0.39, 0.29) is 12.7 Å². The standard InChI is InChI=1S/C4H8O2/c1-4(3-5)6-2/h2,4-5H,3H2,1H3. The van der Waals surface area contributed by atoms with Gasteiger partial charge in [-0.1, -0.05) is 0 Å². The van der Waals surface area contributed by atoms with Crippen LogP contribution in [0.2, 0.25) is 0 Å². The van der Waals surface area contributed by atoms with Gasteiger partial charge in [-0.3, -0.25) is 0 Å². The molecule has 0 aliphatic carbocycles. The van der Waals surface area contributed by atoms with Crippen LogP contribution in [0.4, 0.5) is 0 Å². The van der Waals surface area contributed by atoms with Crippen LogP contribution in [0.15, 0.2) is 0 Å². The first-order valence-electron chi connectivity index (χ1n) is 1.77. The van der Waals surface area contributed by atoms with Crippen molar-refractivity contribution in [2.24, 2.45) is 0 Å². The summed E-state index contributed by atoms with van der Waals surface area (Å²) in [6.07, 6.45) is -0.231. The van der Waals surface area contributed by atoms with Gasteiger partial charge in [-0.15, -0.1) is 0 Å². The van der Waals surface area contributed by atoms with E-state index >= 15 is 0 Å². The third-order valence-corrected chi connectivity index (χ3v) is 0.489. The van der Waals surface area contributed by atoms with Gasteiger partial charge in [0, 0.05) is 0 Å². The zero-order chi connectivity index (χ0) is 4.99. The monoisotopic (exact) mass is 88.1 g/mol. The molecule has 0 heterocycles. The predicted molar refractivity (Wildman–Crippen MR) is 21.9 cm³/mol. The first-order chi connectivity index (χ1) is 2.81. The highest BCUT2D eigenvalue weighted by molar-refractivity contribution is 4.40. The van der Waals surface area contributed by atoms with Crippen LogP contribution in [-0.4, -0.2) is 17.8 Å². The highest BCUT2D eigenvalue weighted by atomic mass is 16.5. The van der Waals surface area contributed by atoms with E-state index in [1.54, 1.807) is 6.92 Å². The first kappa shape index (κ1) is 5.92. The maximum atomic E-state index is 8.13. The van der Waals surface area contributed by atoms with Crippen LogP contribution in [0.3, 0.4) is 0 Å². The molecule has 0 saturated carbocycles. The van der Waals surface area contributed by atoms with Gasteiger partial charge in [0.05, 0.1) is 12.7 Å². The molecular formula is C4H8O2. The van der Waals surface area contributed by atoms with Crippen molar-refractivity contribution < 1.29 is 9.84 Å². The largest absolute Gasteiger partial charge is 0.394 e. The molecule has 6 heavy (non-hydrogen) atoms. The van der Waals surface area contributed by atoms with Crippen molar-refractivity contribution in [2.75, 3.05) is 6.61 Å². The Morgan fingerprint density at radius 1 is 2.00 bits per heavy atom. The Bertz CT molecular complexity index is 24.7. The Kier molecular flexibility index (Phi) is 3.08. The maximum absolute atomic E-state index is 8.13. The van der Waals surface area contributed by atoms with E-state index in [4.69, 9.17) is 5.11 Å². The van der Waals surface area contributed by atoms with Crippen LogP contribution in [0.1, 0.15) is 6.92 Å². The lowest BCUT2D eigenvalue weighted by Gasteiger charge is -1.99. The Morgan fingerprint density at radius 3 is 2.50 bits per heavy atom. The molecule has 0 aromatic heterocycles. The fourth-order valence-corrected chi connectivity index (χ4v) is 0.0430. The minimum Gasteiger partial charge on any atom is -0.394 e. The molecule has 0 aliphatic rings. The zero-order valence-corrected chi connectivity index (χ0v) is 3.72. The number of rotatable bonds is 2. The molecular weight excluding hydrogens is 80.0 g/mol. The summed E-state index contributed by atoms with van der Waals surface area (Å²) >= 11 is 0. The second-order valence-electron chi connectivity index (χ2n) is 1.13. The van der Waals surface area contributed by atoms with Crippen LogP contribution < -0.4 is 0 Å². The summed E-state index contributed by atoms with van der Waals surface area (Å²) in [5, 5.41) is 8.13. The van der Waals surface area contributed by atoms with Gasteiger partial charge in [0.1, 0.15) is 7.11 Å². The Balaban J connectivity index is 2.75. The molecule has 0 amide bonds. The van der Waals surface area contributed by atoms with Crippen molar-refractivity contribution in [2.45, 2.75) is 13.0 Å². The number of aliphatic hydroxyl groups excluding tert-OH is 1. The van der Waals surface area contributed by atoms with E-state index in [9.17, 15) is 0 Å². The number of hydrogen-bond acceptors (Lipinski definition) is 2. The lowest BCUT2D eigenvalue weighted by Crippen LogP contribution is -2.07. The summed E-state index contributed by atoms with van der Waals surface area (Å²) in [6, 6.07) is 0. The molecule has 0 saturated heterocycles. The van der Waals surface area contributed by atoms with Gasteiger partial charge in [-0.05, 0) is 6.92 Å². The molecule has 0 rings (SSSR count). The molecule has 0 aliphatic heterocycles. The summed E-state index contributed by atoms with van der Waals surface area (Å²) in [6.45, 7) is 1.66. The molecule has 36 valence electrons. The first-order valence-corrected chi connectivity index (χ1v) is 1.77. The topological polar surface area (TPSA) is 29.5 Å². The van der Waals surface area contributed by atoms with E-state index in [1.165, 1.54) is 0 Å². The quantitative estimate of drug-likeness (QED) is 0.517. The molecule has 0 fully saturated rings. The van der Waals surface area contributed by atoms with Gasteiger partial charge >= 0.3 is 0 Å². The Hall–Kier alpha value is -0.0800. The molecule has 0 bridgehead atoms. The van der Waals surface area contributed by atoms with Gasteiger partial charge in [-0.25, -0.2) is 0 Å². The smallest absolute Gasteiger partial charge is 0.116 e. The van der Waals surface area contributed by atoms with Crippen LogP contribution in [0.5, 0.6) is 0 Å². The number of hydrogen-bond donors (Lipinski definition) is 1. The van der Waals surface area contributed by atoms with Gasteiger partial charge in [-0.2, -0.15) is 0 Å². The molecule has 2 radical (unpaired) electrons. The van der Waals surface area contributed by atoms with Crippen molar-refractivity contribution in [1.82, 2.24) is 0 Å². The third kappa shape index (κ3) is 2.18.